The minimum Gasteiger partial charge on any atom is -0.334 e. The van der Waals surface area contributed by atoms with Gasteiger partial charge >= 0.3 is 0 Å². The maximum Gasteiger partial charge on any atom is 0.249 e. The van der Waals surface area contributed by atoms with E-state index in [4.69, 9.17) is 11.6 Å². The van der Waals surface area contributed by atoms with Crippen LogP contribution in [0.5, 0.6) is 0 Å². The Morgan fingerprint density at radius 2 is 1.67 bits per heavy atom. The fourth-order valence-electron chi connectivity index (χ4n) is 1.87. The van der Waals surface area contributed by atoms with E-state index in [1.54, 1.807) is 0 Å². The van der Waals surface area contributed by atoms with E-state index in [1.165, 1.54) is 30.5 Å². The van der Waals surface area contributed by atoms with Crippen molar-refractivity contribution in [2.24, 2.45) is 0 Å². The number of nitrogens with zero attached hydrogens (tertiary/aromatic N) is 3. The van der Waals surface area contributed by atoms with Crippen LogP contribution in [0.3, 0.4) is 0 Å². The molecule has 2 aromatic carbocycles. The summed E-state index contributed by atoms with van der Waals surface area (Å²) < 4.78 is 40.4. The monoisotopic (exact) mass is 351 g/mol. The molecule has 122 valence electrons. The van der Waals surface area contributed by atoms with E-state index < -0.39 is 17.5 Å². The van der Waals surface area contributed by atoms with E-state index in [1.807, 2.05) is 0 Å². The normalized spacial score (nSPS) is 10.5. The summed E-state index contributed by atoms with van der Waals surface area (Å²) in [7, 11) is 0. The van der Waals surface area contributed by atoms with Crippen LogP contribution in [0.25, 0.3) is 0 Å². The Kier molecular flexibility index (Phi) is 4.48. The predicted octanol–water partition coefficient (Wildman–Crippen LogP) is 4.43. The molecule has 1 heterocycles. The van der Waals surface area contributed by atoms with Crippen LogP contribution in [0.15, 0.2) is 42.6 Å². The zero-order valence-corrected chi connectivity index (χ0v) is 12.7. The molecule has 0 unspecified atom stereocenters. The third-order valence-corrected chi connectivity index (χ3v) is 3.24. The van der Waals surface area contributed by atoms with Gasteiger partial charge in [0.05, 0.1) is 11.2 Å². The number of hydrogen-bond donors (Lipinski definition) is 2. The molecule has 0 saturated carbocycles. The van der Waals surface area contributed by atoms with Crippen molar-refractivity contribution in [2.75, 3.05) is 10.6 Å². The van der Waals surface area contributed by atoms with Crippen LogP contribution in [0.2, 0.25) is 5.02 Å². The minimum atomic E-state index is -0.770. The second-order valence-electron chi connectivity index (χ2n) is 4.64. The summed E-state index contributed by atoms with van der Waals surface area (Å²) in [6.07, 6.45) is 1.20. The highest BCUT2D eigenvalue weighted by molar-refractivity contribution is 6.31. The summed E-state index contributed by atoms with van der Waals surface area (Å²) in [6, 6.07) is 7.42. The van der Waals surface area contributed by atoms with Gasteiger partial charge in [-0.3, -0.25) is 0 Å². The van der Waals surface area contributed by atoms with Crippen molar-refractivity contribution >= 4 is 34.7 Å². The van der Waals surface area contributed by atoms with Crippen molar-refractivity contribution in [3.63, 3.8) is 0 Å². The fraction of sp³-hybridized carbons (Fsp3) is 0. The molecule has 24 heavy (non-hydrogen) atoms. The number of para-hydroxylation sites is 1. The zero-order valence-electron chi connectivity index (χ0n) is 11.9. The third-order valence-electron chi connectivity index (χ3n) is 2.95. The first-order valence-corrected chi connectivity index (χ1v) is 7.03. The van der Waals surface area contributed by atoms with Crippen molar-refractivity contribution in [1.82, 2.24) is 15.2 Å². The smallest absolute Gasteiger partial charge is 0.249 e. The van der Waals surface area contributed by atoms with Crippen LogP contribution in [0.1, 0.15) is 0 Å². The minimum absolute atomic E-state index is 0.0411. The lowest BCUT2D eigenvalue weighted by Gasteiger charge is -2.09. The van der Waals surface area contributed by atoms with Gasteiger partial charge in [-0.2, -0.15) is 10.1 Å². The standard InChI is InChI=1S/C15H9ClF3N5/c16-9-6-8(4-5-10(9)17)21-15-23-13(7-20-24-15)22-14-11(18)2-1-3-12(14)19/h1-7H,(H2,21,22,23,24). The molecule has 2 N–H and O–H groups in total. The summed E-state index contributed by atoms with van der Waals surface area (Å²) >= 11 is 5.69. The van der Waals surface area contributed by atoms with Gasteiger partial charge < -0.3 is 10.6 Å². The summed E-state index contributed by atoms with van der Waals surface area (Å²) in [4.78, 5) is 4.03. The van der Waals surface area contributed by atoms with Gasteiger partial charge in [-0.15, -0.1) is 5.10 Å². The number of nitrogens with one attached hydrogen (secondary N) is 2. The Morgan fingerprint density at radius 3 is 2.38 bits per heavy atom. The van der Waals surface area contributed by atoms with E-state index in [-0.39, 0.29) is 22.5 Å². The van der Waals surface area contributed by atoms with E-state index in [2.05, 4.69) is 25.8 Å². The number of hydrogen-bond acceptors (Lipinski definition) is 5. The molecule has 0 saturated heterocycles. The Labute approximate surface area is 139 Å². The molecule has 0 spiro atoms. The average molecular weight is 352 g/mol. The topological polar surface area (TPSA) is 62.7 Å². The van der Waals surface area contributed by atoms with Crippen molar-refractivity contribution in [2.45, 2.75) is 0 Å². The van der Waals surface area contributed by atoms with E-state index in [9.17, 15) is 13.2 Å². The number of aromatic nitrogens is 3. The van der Waals surface area contributed by atoms with Crippen LogP contribution in [0, 0.1) is 17.5 Å². The van der Waals surface area contributed by atoms with Crippen molar-refractivity contribution in [3.8, 4) is 0 Å². The molecule has 0 amide bonds. The quantitative estimate of drug-likeness (QED) is 0.728. The number of benzene rings is 2. The number of halogens is 4. The molecule has 1 aromatic heterocycles. The average Bonchev–Trinajstić information content (AvgIpc) is 2.55. The molecule has 0 aliphatic rings. The van der Waals surface area contributed by atoms with Crippen LogP contribution in [-0.4, -0.2) is 15.2 Å². The predicted molar refractivity (Wildman–Crippen MR) is 84.2 cm³/mol. The lowest BCUT2D eigenvalue weighted by atomic mass is 10.3. The molecule has 0 bridgehead atoms. The fourth-order valence-corrected chi connectivity index (χ4v) is 2.05. The van der Waals surface area contributed by atoms with Gasteiger partial charge in [0.25, 0.3) is 0 Å². The van der Waals surface area contributed by atoms with Gasteiger partial charge in [-0.1, -0.05) is 17.7 Å². The highest BCUT2D eigenvalue weighted by Gasteiger charge is 2.10. The van der Waals surface area contributed by atoms with Gasteiger partial charge in [0.1, 0.15) is 23.1 Å². The lowest BCUT2D eigenvalue weighted by Crippen LogP contribution is -2.04. The molecule has 0 aliphatic carbocycles. The maximum atomic E-state index is 13.6. The van der Waals surface area contributed by atoms with Crippen LogP contribution < -0.4 is 10.6 Å². The molecular weight excluding hydrogens is 343 g/mol. The molecule has 9 heteroatoms. The van der Waals surface area contributed by atoms with E-state index in [0.717, 1.165) is 12.1 Å². The lowest BCUT2D eigenvalue weighted by molar-refractivity contribution is 0.590. The largest absolute Gasteiger partial charge is 0.334 e. The molecule has 5 nitrogen and oxygen atoms in total. The second-order valence-corrected chi connectivity index (χ2v) is 5.05. The first kappa shape index (κ1) is 16.0. The third kappa shape index (κ3) is 3.54. The van der Waals surface area contributed by atoms with Crippen LogP contribution in [-0.2, 0) is 0 Å². The SMILES string of the molecule is Fc1ccc(Nc2nncc(Nc3c(F)cccc3F)n2)cc1Cl. The summed E-state index contributed by atoms with van der Waals surface area (Å²) in [5.41, 5.74) is 0.0752. The highest BCUT2D eigenvalue weighted by atomic mass is 35.5. The molecule has 0 aliphatic heterocycles. The van der Waals surface area contributed by atoms with Crippen LogP contribution in [0.4, 0.5) is 36.3 Å². The Bertz CT molecular complexity index is 870. The Balaban J connectivity index is 1.82. The first-order chi connectivity index (χ1) is 11.5. The number of anilines is 4. The molecule has 0 atom stereocenters. The van der Waals surface area contributed by atoms with Crippen molar-refractivity contribution in [3.05, 3.63) is 65.1 Å². The van der Waals surface area contributed by atoms with Crippen molar-refractivity contribution in [1.29, 1.82) is 0 Å². The molecule has 0 radical (unpaired) electrons. The van der Waals surface area contributed by atoms with Gasteiger partial charge in [-0.05, 0) is 30.3 Å². The summed E-state index contributed by atoms with van der Waals surface area (Å²) in [5.74, 6) is -1.99. The number of rotatable bonds is 4. The van der Waals surface area contributed by atoms with Crippen LogP contribution >= 0.6 is 11.6 Å². The molecule has 3 rings (SSSR count). The molecule has 0 fully saturated rings. The summed E-state index contributed by atoms with van der Waals surface area (Å²) in [5, 5.41) is 12.6. The molecular formula is C15H9ClF3N5. The first-order valence-electron chi connectivity index (χ1n) is 6.66. The van der Waals surface area contributed by atoms with Gasteiger partial charge in [0.2, 0.25) is 5.95 Å². The summed E-state index contributed by atoms with van der Waals surface area (Å²) in [6.45, 7) is 0. The maximum absolute atomic E-state index is 13.6. The van der Waals surface area contributed by atoms with E-state index in [0.29, 0.717) is 5.69 Å². The van der Waals surface area contributed by atoms with E-state index >= 15 is 0 Å². The molecule has 3 aromatic rings. The van der Waals surface area contributed by atoms with Crippen molar-refractivity contribution < 1.29 is 13.2 Å². The zero-order chi connectivity index (χ0) is 17.1. The van der Waals surface area contributed by atoms with Gasteiger partial charge in [-0.25, -0.2) is 13.2 Å². The highest BCUT2D eigenvalue weighted by Crippen LogP contribution is 2.24. The van der Waals surface area contributed by atoms with Gasteiger partial charge in [0.15, 0.2) is 5.82 Å². The Morgan fingerprint density at radius 1 is 0.917 bits per heavy atom. The second kappa shape index (κ2) is 6.71. The Hall–Kier alpha value is -2.87. The van der Waals surface area contributed by atoms with Gasteiger partial charge in [0, 0.05) is 5.69 Å².